The van der Waals surface area contributed by atoms with Gasteiger partial charge in [0.15, 0.2) is 0 Å². The minimum atomic E-state index is 0. The minimum absolute atomic E-state index is 0. The van der Waals surface area contributed by atoms with E-state index in [-0.39, 0.29) is 28.5 Å². The summed E-state index contributed by atoms with van der Waals surface area (Å²) in [6.07, 6.45) is 2.48. The van der Waals surface area contributed by atoms with Crippen LogP contribution in [0, 0.1) is 19.8 Å². The first-order valence-electron chi connectivity index (χ1n) is 2.32. The van der Waals surface area contributed by atoms with Crippen molar-refractivity contribution in [1.29, 1.82) is 0 Å². The summed E-state index contributed by atoms with van der Waals surface area (Å²) in [4.78, 5) is 0. The third-order valence-electron chi connectivity index (χ3n) is 1.39. The average Bonchev–Trinajstić information content (AvgIpc) is 2.22. The van der Waals surface area contributed by atoms with E-state index in [4.69, 9.17) is 5.73 Å². The van der Waals surface area contributed by atoms with Crippen molar-refractivity contribution in [1.82, 2.24) is 0 Å². The van der Waals surface area contributed by atoms with Gasteiger partial charge in [0.2, 0.25) is 0 Å². The van der Waals surface area contributed by atoms with E-state index >= 15 is 0 Å². The van der Waals surface area contributed by atoms with Crippen molar-refractivity contribution in [3.63, 3.8) is 0 Å². The third kappa shape index (κ3) is 2.84. The average molecular weight is 283 g/mol. The molecule has 1 saturated carbocycles. The molecule has 0 aliphatic heterocycles. The molecule has 0 aromatic rings. The second-order valence-electron chi connectivity index (χ2n) is 2.20. The fraction of sp³-hybridized carbons (Fsp3) is 0.667. The zero-order chi connectivity index (χ0) is 4.62. The molecule has 0 saturated heterocycles. The Morgan fingerprint density at radius 2 is 1.88 bits per heavy atom. The Bertz CT molecular complexity index is 59.5. The van der Waals surface area contributed by atoms with Crippen LogP contribution in [-0.2, 0) is 21.1 Å². The van der Waals surface area contributed by atoms with Gasteiger partial charge in [0.25, 0.3) is 0 Å². The molecule has 8 heavy (non-hydrogen) atoms. The van der Waals surface area contributed by atoms with E-state index in [0.717, 1.165) is 6.54 Å². The molecule has 0 spiro atoms. The zero-order valence-electron chi connectivity index (χ0n) is 5.31. The maximum Gasteiger partial charge on any atom is 2.00 e. The van der Waals surface area contributed by atoms with Crippen molar-refractivity contribution in [2.24, 2.45) is 11.1 Å². The first-order chi connectivity index (χ1) is 2.77. The Balaban J connectivity index is 0. The van der Waals surface area contributed by atoms with Crippen molar-refractivity contribution < 1.29 is 21.1 Å². The van der Waals surface area contributed by atoms with Gasteiger partial charge in [-0.15, -0.1) is 5.41 Å². The molecule has 1 aliphatic carbocycles. The Hall–Kier alpha value is 0.648. The quantitative estimate of drug-likeness (QED) is 0.714. The van der Waals surface area contributed by atoms with Gasteiger partial charge in [-0.2, -0.15) is 0 Å². The van der Waals surface area contributed by atoms with Crippen LogP contribution in [0.2, 0.25) is 0 Å². The molecule has 0 heterocycles. The maximum atomic E-state index is 5.31. The molecule has 1 nitrogen and oxygen atoms in total. The Kier molecular flexibility index (Phi) is 5.20. The first kappa shape index (κ1) is 11.4. The predicted octanol–water partition coefficient (Wildman–Crippen LogP) is 1.01. The Morgan fingerprint density at radius 3 is 1.88 bits per heavy atom. The van der Waals surface area contributed by atoms with Gasteiger partial charge in [-0.05, 0) is 6.54 Å². The molecule has 2 N–H and O–H groups in total. The summed E-state index contributed by atoms with van der Waals surface area (Å²) >= 11 is 0. The molecule has 2 heteroatoms. The smallest absolute Gasteiger partial charge is 0.358 e. The van der Waals surface area contributed by atoms with Gasteiger partial charge in [0.1, 0.15) is 0 Å². The van der Waals surface area contributed by atoms with Crippen LogP contribution in [0.15, 0.2) is 0 Å². The van der Waals surface area contributed by atoms with Gasteiger partial charge in [-0.1, -0.05) is 12.8 Å². The van der Waals surface area contributed by atoms with E-state index in [2.05, 4.69) is 6.92 Å². The van der Waals surface area contributed by atoms with E-state index in [1.165, 1.54) is 12.8 Å². The van der Waals surface area contributed by atoms with Crippen molar-refractivity contribution in [2.75, 3.05) is 6.54 Å². The zero-order valence-corrected chi connectivity index (χ0v) is 8.25. The molecule has 0 atom stereocenters. The van der Waals surface area contributed by atoms with Crippen LogP contribution in [0.4, 0.5) is 0 Å². The molecular formula is C6H13NW. The summed E-state index contributed by atoms with van der Waals surface area (Å²) in [7, 11) is 0. The van der Waals surface area contributed by atoms with Gasteiger partial charge in [-0.3, -0.25) is 0 Å². The molecule has 1 aliphatic rings. The SMILES string of the molecule is [CH2-]C1(CN)CC1.[CH3-].[W+2]. The summed E-state index contributed by atoms with van der Waals surface area (Å²) in [5.74, 6) is 0. The number of hydrogen-bond donors (Lipinski definition) is 1. The summed E-state index contributed by atoms with van der Waals surface area (Å²) in [5.41, 5.74) is 5.62. The number of nitrogens with two attached hydrogens (primary N) is 1. The molecule has 0 radical (unpaired) electrons. The maximum absolute atomic E-state index is 5.31. The van der Waals surface area contributed by atoms with Crippen molar-refractivity contribution in [3.05, 3.63) is 14.4 Å². The predicted molar refractivity (Wildman–Crippen MR) is 32.5 cm³/mol. The minimum Gasteiger partial charge on any atom is -0.358 e. The van der Waals surface area contributed by atoms with Gasteiger partial charge in [-0.25, -0.2) is 0 Å². The molecular weight excluding hydrogens is 270 g/mol. The molecule has 1 fully saturated rings. The second kappa shape index (κ2) is 3.63. The summed E-state index contributed by atoms with van der Waals surface area (Å²) in [6.45, 7) is 4.65. The molecule has 0 amide bonds. The largest absolute Gasteiger partial charge is 2.00 e. The van der Waals surface area contributed by atoms with Crippen molar-refractivity contribution >= 4 is 0 Å². The first-order valence-corrected chi connectivity index (χ1v) is 2.32. The van der Waals surface area contributed by atoms with Crippen LogP contribution < -0.4 is 5.73 Å². The van der Waals surface area contributed by atoms with Gasteiger partial charge >= 0.3 is 21.1 Å². The molecule has 1 rings (SSSR count). The topological polar surface area (TPSA) is 26.0 Å². The van der Waals surface area contributed by atoms with E-state index in [1.807, 2.05) is 0 Å². The normalized spacial score (nSPS) is 20.2. The van der Waals surface area contributed by atoms with Gasteiger partial charge in [0, 0.05) is 0 Å². The molecule has 0 aromatic heterocycles. The number of hydrogen-bond acceptors (Lipinski definition) is 1. The summed E-state index contributed by atoms with van der Waals surface area (Å²) in [5, 5.41) is 0. The van der Waals surface area contributed by atoms with Gasteiger partial charge in [0.05, 0.1) is 0 Å². The van der Waals surface area contributed by atoms with Crippen LogP contribution in [0.5, 0.6) is 0 Å². The van der Waals surface area contributed by atoms with Crippen LogP contribution in [0.3, 0.4) is 0 Å². The second-order valence-corrected chi connectivity index (χ2v) is 2.20. The monoisotopic (exact) mass is 283 g/mol. The standard InChI is InChI=1S/C5H10N.CH3.W/c1-5(4-6)2-3-5;;/h1-4,6H2;1H3;/q2*-1;+2. The Labute approximate surface area is 66.3 Å². The van der Waals surface area contributed by atoms with Crippen LogP contribution in [0.1, 0.15) is 12.8 Å². The third-order valence-corrected chi connectivity index (χ3v) is 1.39. The fourth-order valence-electron chi connectivity index (χ4n) is 0.381. The van der Waals surface area contributed by atoms with E-state index in [1.54, 1.807) is 0 Å². The summed E-state index contributed by atoms with van der Waals surface area (Å²) in [6, 6.07) is 0. The van der Waals surface area contributed by atoms with Crippen molar-refractivity contribution in [2.45, 2.75) is 12.8 Å². The van der Waals surface area contributed by atoms with Gasteiger partial charge < -0.3 is 20.1 Å². The molecule has 0 aromatic carbocycles. The molecule has 48 valence electrons. The molecule has 0 bridgehead atoms. The summed E-state index contributed by atoms with van der Waals surface area (Å²) < 4.78 is 0. The van der Waals surface area contributed by atoms with Crippen LogP contribution in [-0.4, -0.2) is 6.54 Å². The van der Waals surface area contributed by atoms with Crippen LogP contribution in [0.25, 0.3) is 0 Å². The van der Waals surface area contributed by atoms with E-state index in [9.17, 15) is 0 Å². The number of rotatable bonds is 1. The fourth-order valence-corrected chi connectivity index (χ4v) is 0.381. The molecule has 0 unspecified atom stereocenters. The Morgan fingerprint density at radius 1 is 1.50 bits per heavy atom. The van der Waals surface area contributed by atoms with E-state index < -0.39 is 0 Å². The van der Waals surface area contributed by atoms with E-state index in [0.29, 0.717) is 5.41 Å². The van der Waals surface area contributed by atoms with Crippen LogP contribution >= 0.6 is 0 Å². The van der Waals surface area contributed by atoms with Crippen molar-refractivity contribution in [3.8, 4) is 0 Å².